The Labute approximate surface area is 126 Å². The molecular formula is C17H21NOS. The predicted octanol–water partition coefficient (Wildman–Crippen LogP) is 4.67. The van der Waals surface area contributed by atoms with Crippen LogP contribution in [0.25, 0.3) is 11.3 Å². The molecule has 3 heteroatoms. The van der Waals surface area contributed by atoms with Crippen molar-refractivity contribution in [3.05, 3.63) is 47.7 Å². The molecule has 20 heavy (non-hydrogen) atoms. The number of benzene rings is 1. The summed E-state index contributed by atoms with van der Waals surface area (Å²) < 4.78 is 5.67. The quantitative estimate of drug-likeness (QED) is 0.616. The second kappa shape index (κ2) is 7.34. The molecule has 2 rings (SSSR count). The fraction of sp³-hybridized carbons (Fsp3) is 0.353. The zero-order valence-electron chi connectivity index (χ0n) is 12.1. The fourth-order valence-corrected chi connectivity index (χ4v) is 2.31. The van der Waals surface area contributed by atoms with Crippen molar-refractivity contribution in [1.29, 1.82) is 0 Å². The first-order valence-electron chi connectivity index (χ1n) is 7.05. The van der Waals surface area contributed by atoms with Crippen LogP contribution in [-0.4, -0.2) is 11.6 Å². The van der Waals surface area contributed by atoms with Gasteiger partial charge in [-0.2, -0.15) is 12.6 Å². The third-order valence-corrected chi connectivity index (χ3v) is 3.62. The Bertz CT molecular complexity index is 551. The number of hydrogen-bond acceptors (Lipinski definition) is 3. The molecule has 0 unspecified atom stereocenters. The van der Waals surface area contributed by atoms with E-state index in [1.165, 1.54) is 5.56 Å². The molecule has 2 nitrogen and oxygen atoms in total. The average molecular weight is 287 g/mol. The first-order chi connectivity index (χ1) is 9.74. The summed E-state index contributed by atoms with van der Waals surface area (Å²) >= 11 is 4.30. The lowest BCUT2D eigenvalue weighted by Gasteiger charge is -2.08. The van der Waals surface area contributed by atoms with Crippen LogP contribution in [0.3, 0.4) is 0 Å². The van der Waals surface area contributed by atoms with Crippen LogP contribution in [0, 0.1) is 6.92 Å². The molecule has 2 aromatic rings. The number of hydrogen-bond donors (Lipinski definition) is 1. The molecule has 0 amide bonds. The molecule has 0 spiro atoms. The largest absolute Gasteiger partial charge is 0.494 e. The van der Waals surface area contributed by atoms with Crippen molar-refractivity contribution in [3.8, 4) is 17.0 Å². The molecule has 0 atom stereocenters. The van der Waals surface area contributed by atoms with E-state index in [1.54, 1.807) is 0 Å². The Morgan fingerprint density at radius 1 is 1.10 bits per heavy atom. The normalized spacial score (nSPS) is 10.6. The second-order valence-electron chi connectivity index (χ2n) is 4.83. The van der Waals surface area contributed by atoms with Crippen molar-refractivity contribution in [3.63, 3.8) is 0 Å². The van der Waals surface area contributed by atoms with E-state index in [1.807, 2.05) is 25.1 Å². The minimum absolute atomic E-state index is 0.726. The Morgan fingerprint density at radius 2 is 1.85 bits per heavy atom. The van der Waals surface area contributed by atoms with Gasteiger partial charge in [0.1, 0.15) is 5.75 Å². The van der Waals surface area contributed by atoms with Crippen molar-refractivity contribution in [1.82, 2.24) is 4.98 Å². The van der Waals surface area contributed by atoms with E-state index < -0.39 is 0 Å². The molecule has 0 fully saturated rings. The lowest BCUT2D eigenvalue weighted by Crippen LogP contribution is -1.96. The van der Waals surface area contributed by atoms with Crippen LogP contribution in [0.1, 0.15) is 31.0 Å². The topological polar surface area (TPSA) is 22.1 Å². The summed E-state index contributed by atoms with van der Waals surface area (Å²) in [5.74, 6) is 1.65. The molecule has 1 aromatic heterocycles. The van der Waals surface area contributed by atoms with E-state index in [-0.39, 0.29) is 0 Å². The number of aromatic nitrogens is 1. The van der Waals surface area contributed by atoms with E-state index in [2.05, 4.69) is 42.7 Å². The lowest BCUT2D eigenvalue weighted by molar-refractivity contribution is 0.309. The van der Waals surface area contributed by atoms with E-state index >= 15 is 0 Å². The van der Waals surface area contributed by atoms with E-state index in [9.17, 15) is 0 Å². The maximum absolute atomic E-state index is 5.67. The van der Waals surface area contributed by atoms with Gasteiger partial charge in [0.05, 0.1) is 12.3 Å². The fourth-order valence-electron chi connectivity index (χ4n) is 1.97. The van der Waals surface area contributed by atoms with Gasteiger partial charge < -0.3 is 4.74 Å². The lowest BCUT2D eigenvalue weighted by atomic mass is 10.1. The van der Waals surface area contributed by atoms with E-state index in [0.717, 1.165) is 47.9 Å². The highest BCUT2D eigenvalue weighted by Crippen LogP contribution is 2.22. The minimum Gasteiger partial charge on any atom is -0.494 e. The predicted molar refractivity (Wildman–Crippen MR) is 87.5 cm³/mol. The second-order valence-corrected chi connectivity index (χ2v) is 5.14. The van der Waals surface area contributed by atoms with Gasteiger partial charge in [0.2, 0.25) is 0 Å². The molecule has 0 bridgehead atoms. The summed E-state index contributed by atoms with van der Waals surface area (Å²) in [4.78, 5) is 4.63. The zero-order chi connectivity index (χ0) is 14.4. The molecule has 0 saturated heterocycles. The highest BCUT2D eigenvalue weighted by Gasteiger charge is 2.03. The number of rotatable bonds is 6. The Hall–Kier alpha value is -1.48. The Kier molecular flexibility index (Phi) is 5.48. The molecule has 0 N–H and O–H groups in total. The summed E-state index contributed by atoms with van der Waals surface area (Å²) in [6.07, 6.45) is 2.24. The molecular weight excluding hydrogens is 266 g/mol. The molecule has 1 heterocycles. The van der Waals surface area contributed by atoms with E-state index in [0.29, 0.717) is 0 Å². The van der Waals surface area contributed by atoms with Crippen molar-refractivity contribution in [2.45, 2.75) is 32.4 Å². The van der Waals surface area contributed by atoms with Gasteiger partial charge in [0.25, 0.3) is 0 Å². The molecule has 106 valence electrons. The Balaban J connectivity index is 2.11. The highest BCUT2D eigenvalue weighted by molar-refractivity contribution is 7.79. The number of ether oxygens (including phenoxy) is 1. The molecule has 0 aliphatic rings. The van der Waals surface area contributed by atoms with Crippen molar-refractivity contribution in [2.24, 2.45) is 0 Å². The van der Waals surface area contributed by atoms with Crippen molar-refractivity contribution < 1.29 is 4.74 Å². The molecule has 1 aromatic carbocycles. The number of pyridine rings is 1. The molecule has 0 aliphatic heterocycles. The van der Waals surface area contributed by atoms with Gasteiger partial charge in [-0.05, 0) is 49.2 Å². The summed E-state index contributed by atoms with van der Waals surface area (Å²) in [6.45, 7) is 4.97. The smallest absolute Gasteiger partial charge is 0.119 e. The van der Waals surface area contributed by atoms with Gasteiger partial charge in [0.15, 0.2) is 0 Å². The van der Waals surface area contributed by atoms with E-state index in [4.69, 9.17) is 4.74 Å². The third-order valence-electron chi connectivity index (χ3n) is 3.28. The van der Waals surface area contributed by atoms with Gasteiger partial charge >= 0.3 is 0 Å². The number of unbranched alkanes of at least 4 members (excludes halogenated alkanes) is 1. The zero-order valence-corrected chi connectivity index (χ0v) is 13.0. The van der Waals surface area contributed by atoms with Crippen LogP contribution < -0.4 is 4.74 Å². The monoisotopic (exact) mass is 287 g/mol. The summed E-state index contributed by atoms with van der Waals surface area (Å²) in [5.41, 5.74) is 4.33. The van der Waals surface area contributed by atoms with Crippen molar-refractivity contribution in [2.75, 3.05) is 6.61 Å². The average Bonchev–Trinajstić information content (AvgIpc) is 2.48. The molecule has 0 aliphatic carbocycles. The third kappa shape index (κ3) is 3.76. The van der Waals surface area contributed by atoms with Crippen LogP contribution in [-0.2, 0) is 5.75 Å². The summed E-state index contributed by atoms with van der Waals surface area (Å²) in [5, 5.41) is 0. The first-order valence-corrected chi connectivity index (χ1v) is 7.68. The van der Waals surface area contributed by atoms with Gasteiger partial charge in [-0.1, -0.05) is 19.4 Å². The van der Waals surface area contributed by atoms with Crippen LogP contribution in [0.4, 0.5) is 0 Å². The van der Waals surface area contributed by atoms with Crippen molar-refractivity contribution >= 4 is 12.6 Å². The summed E-state index contributed by atoms with van der Waals surface area (Å²) in [6, 6.07) is 12.3. The van der Waals surface area contributed by atoms with Gasteiger partial charge in [0, 0.05) is 17.0 Å². The maximum atomic E-state index is 5.67. The standard InChI is InChI=1S/C17H21NOS/c1-3-4-11-19-16-8-5-14(6-9-16)17-10-7-15(12-20)13(2)18-17/h5-10,20H,3-4,11-12H2,1-2H3. The maximum Gasteiger partial charge on any atom is 0.119 e. The number of thiol groups is 1. The van der Waals surface area contributed by atoms with Gasteiger partial charge in [-0.25, -0.2) is 0 Å². The minimum atomic E-state index is 0.726. The summed E-state index contributed by atoms with van der Waals surface area (Å²) in [7, 11) is 0. The van der Waals surface area contributed by atoms with Crippen LogP contribution in [0.2, 0.25) is 0 Å². The van der Waals surface area contributed by atoms with Crippen LogP contribution in [0.15, 0.2) is 36.4 Å². The number of nitrogens with zero attached hydrogens (tertiary/aromatic N) is 1. The highest BCUT2D eigenvalue weighted by atomic mass is 32.1. The Morgan fingerprint density at radius 3 is 2.45 bits per heavy atom. The molecule has 0 saturated carbocycles. The molecule has 0 radical (unpaired) electrons. The van der Waals surface area contributed by atoms with Crippen LogP contribution in [0.5, 0.6) is 5.75 Å². The van der Waals surface area contributed by atoms with Gasteiger partial charge in [-0.15, -0.1) is 0 Å². The SMILES string of the molecule is CCCCOc1ccc(-c2ccc(CS)c(C)n2)cc1. The van der Waals surface area contributed by atoms with Crippen LogP contribution >= 0.6 is 12.6 Å². The first kappa shape index (κ1) is 14.9. The number of aryl methyl sites for hydroxylation is 1. The van der Waals surface area contributed by atoms with Gasteiger partial charge in [-0.3, -0.25) is 4.98 Å².